The largest absolute Gasteiger partial charge is 0.382 e. The number of carbonyl (C=O) groups excluding carboxylic acids is 1. The average Bonchev–Trinajstić information content (AvgIpc) is 3.26. The fourth-order valence-corrected chi connectivity index (χ4v) is 4.54. The maximum Gasteiger partial charge on any atom is 0.276 e. The molecule has 0 saturated carbocycles. The zero-order valence-corrected chi connectivity index (χ0v) is 21.2. The predicted octanol–water partition coefficient (Wildman–Crippen LogP) is 4.82. The van der Waals surface area contributed by atoms with Crippen LogP contribution >= 0.6 is 0 Å². The minimum Gasteiger partial charge on any atom is -0.382 e. The maximum absolute atomic E-state index is 14.3. The van der Waals surface area contributed by atoms with Crippen molar-refractivity contribution in [3.63, 3.8) is 0 Å². The quantitative estimate of drug-likeness (QED) is 0.397. The molecule has 10 heteroatoms. The fourth-order valence-electron chi connectivity index (χ4n) is 4.54. The molecule has 1 amide bonds. The molecule has 1 fully saturated rings. The third-order valence-corrected chi connectivity index (χ3v) is 6.17. The molecule has 0 aliphatic carbocycles. The van der Waals surface area contributed by atoms with Gasteiger partial charge in [0.1, 0.15) is 11.4 Å². The molecule has 3 aromatic rings. The minimum absolute atomic E-state index is 0.132. The van der Waals surface area contributed by atoms with E-state index in [9.17, 15) is 18.4 Å². The molecule has 1 saturated heterocycles. The van der Waals surface area contributed by atoms with E-state index in [-0.39, 0.29) is 11.7 Å². The van der Waals surface area contributed by atoms with Gasteiger partial charge in [0.25, 0.3) is 11.5 Å². The van der Waals surface area contributed by atoms with Gasteiger partial charge >= 0.3 is 0 Å². The van der Waals surface area contributed by atoms with Crippen LogP contribution in [-0.2, 0) is 0 Å². The van der Waals surface area contributed by atoms with E-state index in [1.807, 2.05) is 19.9 Å². The van der Waals surface area contributed by atoms with Crippen molar-refractivity contribution < 1.29 is 13.6 Å². The van der Waals surface area contributed by atoms with E-state index in [1.54, 1.807) is 13.0 Å². The lowest BCUT2D eigenvalue weighted by Gasteiger charge is -2.28. The molecule has 37 heavy (non-hydrogen) atoms. The van der Waals surface area contributed by atoms with E-state index in [4.69, 9.17) is 5.41 Å². The fraction of sp³-hybridized carbons (Fsp3) is 0.333. The van der Waals surface area contributed by atoms with Gasteiger partial charge in [-0.25, -0.2) is 8.78 Å². The van der Waals surface area contributed by atoms with Gasteiger partial charge in [-0.2, -0.15) is 9.78 Å². The summed E-state index contributed by atoms with van der Waals surface area (Å²) < 4.78 is 29.2. The Balaban J connectivity index is 1.77. The first-order chi connectivity index (χ1) is 17.6. The molecule has 3 N–H and O–H groups in total. The van der Waals surface area contributed by atoms with Crippen LogP contribution in [0.15, 0.2) is 47.3 Å². The Bertz CT molecular complexity index is 1400. The van der Waals surface area contributed by atoms with Gasteiger partial charge in [-0.15, -0.1) is 0 Å². The SMILES string of the molecule is CC(=N)c1c(NC(C)C)ccc(NC(=O)c2ccc(=O)n(-c3c(F)cccc3F)n2)c1N1CC[C@H](C)C1. The first-order valence-electron chi connectivity index (χ1n) is 12.2. The summed E-state index contributed by atoms with van der Waals surface area (Å²) in [6.07, 6.45) is 0.979. The average molecular weight is 509 g/mol. The summed E-state index contributed by atoms with van der Waals surface area (Å²) in [5.74, 6) is -2.16. The van der Waals surface area contributed by atoms with Crippen LogP contribution in [0.5, 0.6) is 0 Å². The van der Waals surface area contributed by atoms with Crippen LogP contribution in [0.1, 0.15) is 50.2 Å². The number of amides is 1. The molecule has 4 rings (SSSR count). The lowest BCUT2D eigenvalue weighted by Crippen LogP contribution is -2.28. The highest BCUT2D eigenvalue weighted by Crippen LogP contribution is 2.39. The van der Waals surface area contributed by atoms with Crippen molar-refractivity contribution >= 4 is 28.7 Å². The molecular formula is C27H30F2N6O2. The number of para-hydroxylation sites is 1. The van der Waals surface area contributed by atoms with E-state index >= 15 is 0 Å². The second-order valence-electron chi connectivity index (χ2n) is 9.64. The Morgan fingerprint density at radius 1 is 1.08 bits per heavy atom. The molecule has 8 nitrogen and oxygen atoms in total. The van der Waals surface area contributed by atoms with Crippen molar-refractivity contribution in [1.29, 1.82) is 5.41 Å². The van der Waals surface area contributed by atoms with Crippen LogP contribution in [0.4, 0.5) is 25.8 Å². The molecule has 2 aromatic carbocycles. The molecule has 0 unspecified atom stereocenters. The number of nitrogens with zero attached hydrogens (tertiary/aromatic N) is 3. The van der Waals surface area contributed by atoms with Crippen molar-refractivity contribution in [2.45, 2.75) is 40.2 Å². The Morgan fingerprint density at radius 3 is 2.35 bits per heavy atom. The van der Waals surface area contributed by atoms with Crippen LogP contribution in [-0.4, -0.2) is 40.5 Å². The van der Waals surface area contributed by atoms with E-state index < -0.39 is 28.8 Å². The van der Waals surface area contributed by atoms with Crippen molar-refractivity contribution in [3.8, 4) is 5.69 Å². The summed E-state index contributed by atoms with van der Waals surface area (Å²) in [7, 11) is 0. The Morgan fingerprint density at radius 2 is 1.76 bits per heavy atom. The monoisotopic (exact) mass is 508 g/mol. The molecule has 194 valence electrons. The normalized spacial score (nSPS) is 15.2. The number of nitrogens with one attached hydrogen (secondary N) is 3. The van der Waals surface area contributed by atoms with Gasteiger partial charge in [-0.3, -0.25) is 9.59 Å². The zero-order valence-electron chi connectivity index (χ0n) is 21.2. The number of benzene rings is 2. The number of hydrogen-bond acceptors (Lipinski definition) is 6. The third kappa shape index (κ3) is 5.37. The minimum atomic E-state index is -0.975. The van der Waals surface area contributed by atoms with Crippen LogP contribution in [0.25, 0.3) is 5.69 Å². The standard InChI is InChI=1S/C27H30F2N6O2/c1-15(2)31-20-8-9-21(26(24(20)17(4)30)34-13-12-16(3)14-34)32-27(37)22-10-11-23(36)35(33-22)25-18(28)6-5-7-19(25)29/h5-11,15-16,30-31H,12-14H2,1-4H3,(H,32,37)/t16-/m0/s1. The molecule has 2 heterocycles. The number of carbonyl (C=O) groups is 1. The summed E-state index contributed by atoms with van der Waals surface area (Å²) in [6, 6.07) is 9.16. The first kappa shape index (κ1) is 26.0. The van der Waals surface area contributed by atoms with Crippen LogP contribution < -0.4 is 21.1 Å². The third-order valence-electron chi connectivity index (χ3n) is 6.17. The Kier molecular flexibility index (Phi) is 7.37. The zero-order chi connectivity index (χ0) is 26.9. The lowest BCUT2D eigenvalue weighted by atomic mass is 10.0. The summed E-state index contributed by atoms with van der Waals surface area (Å²) in [5, 5.41) is 18.7. The molecule has 0 radical (unpaired) electrons. The summed E-state index contributed by atoms with van der Waals surface area (Å²) >= 11 is 0. The van der Waals surface area contributed by atoms with Crippen molar-refractivity contribution in [2.24, 2.45) is 5.92 Å². The molecule has 0 bridgehead atoms. The van der Waals surface area contributed by atoms with Crippen molar-refractivity contribution in [1.82, 2.24) is 9.78 Å². The van der Waals surface area contributed by atoms with Gasteiger partial charge in [-0.1, -0.05) is 13.0 Å². The van der Waals surface area contributed by atoms with E-state index in [2.05, 4.69) is 27.6 Å². The van der Waals surface area contributed by atoms with E-state index in [0.29, 0.717) is 27.6 Å². The smallest absolute Gasteiger partial charge is 0.276 e. The number of halogens is 2. The van der Waals surface area contributed by atoms with Gasteiger partial charge in [0, 0.05) is 42.2 Å². The van der Waals surface area contributed by atoms with E-state index in [1.165, 1.54) is 12.1 Å². The maximum atomic E-state index is 14.3. The second-order valence-corrected chi connectivity index (χ2v) is 9.64. The number of hydrogen-bond donors (Lipinski definition) is 3. The first-order valence-corrected chi connectivity index (χ1v) is 12.2. The van der Waals surface area contributed by atoms with Crippen molar-refractivity contribution in [2.75, 3.05) is 28.6 Å². The predicted molar refractivity (Wildman–Crippen MR) is 141 cm³/mol. The van der Waals surface area contributed by atoms with Gasteiger partial charge in [0.2, 0.25) is 0 Å². The van der Waals surface area contributed by atoms with Crippen LogP contribution in [0.2, 0.25) is 0 Å². The highest BCUT2D eigenvalue weighted by Gasteiger charge is 2.27. The lowest BCUT2D eigenvalue weighted by molar-refractivity contribution is 0.102. The number of anilines is 3. The van der Waals surface area contributed by atoms with Gasteiger partial charge < -0.3 is 20.9 Å². The van der Waals surface area contributed by atoms with Crippen LogP contribution in [0.3, 0.4) is 0 Å². The highest BCUT2D eigenvalue weighted by molar-refractivity contribution is 6.12. The molecular weight excluding hydrogens is 478 g/mol. The van der Waals surface area contributed by atoms with Gasteiger partial charge in [-0.05, 0) is 63.4 Å². The summed E-state index contributed by atoms with van der Waals surface area (Å²) in [4.78, 5) is 27.8. The second kappa shape index (κ2) is 10.5. The number of rotatable bonds is 7. The number of aromatic nitrogens is 2. The van der Waals surface area contributed by atoms with Crippen molar-refractivity contribution in [3.05, 3.63) is 75.7 Å². The summed E-state index contributed by atoms with van der Waals surface area (Å²) in [6.45, 7) is 9.41. The topological polar surface area (TPSA) is 103 Å². The molecule has 1 atom stereocenters. The van der Waals surface area contributed by atoms with E-state index in [0.717, 1.165) is 49.1 Å². The molecule has 0 spiro atoms. The summed E-state index contributed by atoms with van der Waals surface area (Å²) in [5.41, 5.74) is 1.40. The Labute approximate surface area is 213 Å². The molecule has 1 aliphatic rings. The molecule has 1 aliphatic heterocycles. The highest BCUT2D eigenvalue weighted by atomic mass is 19.1. The van der Waals surface area contributed by atoms with Crippen LogP contribution in [0, 0.1) is 23.0 Å². The molecule has 1 aromatic heterocycles. The Hall–Kier alpha value is -4.08. The van der Waals surface area contributed by atoms with Gasteiger partial charge in [0.15, 0.2) is 11.6 Å². The van der Waals surface area contributed by atoms with Gasteiger partial charge in [0.05, 0.1) is 11.4 Å².